The molecule has 1 fully saturated rings. The maximum Gasteiger partial charge on any atom is 0.227 e. The Morgan fingerprint density at radius 2 is 2.24 bits per heavy atom. The highest BCUT2D eigenvalue weighted by Crippen LogP contribution is 2.22. The summed E-state index contributed by atoms with van der Waals surface area (Å²) in [6.45, 7) is 1.70. The van der Waals surface area contributed by atoms with Crippen molar-refractivity contribution < 1.29 is 13.9 Å². The van der Waals surface area contributed by atoms with E-state index in [9.17, 15) is 9.18 Å². The number of halogens is 1. The zero-order valence-corrected chi connectivity index (χ0v) is 12.3. The molecule has 0 radical (unpaired) electrons. The molecule has 0 aromatic heterocycles. The van der Waals surface area contributed by atoms with Gasteiger partial charge in [0.25, 0.3) is 0 Å². The second-order valence-corrected chi connectivity index (χ2v) is 5.31. The van der Waals surface area contributed by atoms with Crippen LogP contribution in [0.25, 0.3) is 0 Å². The van der Waals surface area contributed by atoms with Gasteiger partial charge in [-0.15, -0.1) is 0 Å². The number of carbonyl (C=O) groups is 1. The van der Waals surface area contributed by atoms with E-state index in [1.165, 1.54) is 11.0 Å². The fraction of sp³-hybridized carbons (Fsp3) is 0.562. The van der Waals surface area contributed by atoms with E-state index in [0.29, 0.717) is 38.0 Å². The van der Waals surface area contributed by atoms with E-state index in [1.807, 2.05) is 0 Å². The second kappa shape index (κ2) is 8.10. The largest absolute Gasteiger partial charge is 0.378 e. The number of hydrogen-bond donors (Lipinski definition) is 1. The number of ether oxygens (including phenoxy) is 1. The van der Waals surface area contributed by atoms with Crippen molar-refractivity contribution in [2.75, 3.05) is 24.6 Å². The lowest BCUT2D eigenvalue weighted by molar-refractivity contribution is -0.119. The Kier molecular flexibility index (Phi) is 6.14. The topological polar surface area (TPSA) is 55.6 Å². The summed E-state index contributed by atoms with van der Waals surface area (Å²) in [4.78, 5) is 13.9. The van der Waals surface area contributed by atoms with Gasteiger partial charge in [-0.2, -0.15) is 0 Å². The van der Waals surface area contributed by atoms with Crippen LogP contribution in [0.3, 0.4) is 0 Å². The van der Waals surface area contributed by atoms with Gasteiger partial charge in [-0.25, -0.2) is 4.39 Å². The highest BCUT2D eigenvalue weighted by Gasteiger charge is 2.21. The lowest BCUT2D eigenvalue weighted by atomic mass is 10.1. The second-order valence-electron chi connectivity index (χ2n) is 5.31. The van der Waals surface area contributed by atoms with Crippen molar-refractivity contribution in [3.63, 3.8) is 0 Å². The Hall–Kier alpha value is -1.46. The first kappa shape index (κ1) is 15.9. The first-order valence-electron chi connectivity index (χ1n) is 7.59. The average Bonchev–Trinajstić information content (AvgIpc) is 3.00. The summed E-state index contributed by atoms with van der Waals surface area (Å²) in [5.74, 6) is -0.441. The molecular formula is C16H23FN2O2. The van der Waals surface area contributed by atoms with Crippen LogP contribution >= 0.6 is 0 Å². The van der Waals surface area contributed by atoms with Gasteiger partial charge in [-0.3, -0.25) is 4.79 Å². The minimum atomic E-state index is -0.375. The molecule has 2 N–H and O–H groups in total. The van der Waals surface area contributed by atoms with E-state index in [0.717, 1.165) is 19.4 Å². The Balaban J connectivity index is 2.00. The smallest absolute Gasteiger partial charge is 0.227 e. The molecule has 1 saturated heterocycles. The third kappa shape index (κ3) is 4.51. The van der Waals surface area contributed by atoms with Crippen LogP contribution < -0.4 is 10.6 Å². The van der Waals surface area contributed by atoms with E-state index in [2.05, 4.69) is 0 Å². The maximum atomic E-state index is 13.9. The van der Waals surface area contributed by atoms with Crippen LogP contribution in [0.1, 0.15) is 32.1 Å². The number of nitrogens with zero attached hydrogens (tertiary/aromatic N) is 1. The standard InChI is InChI=1S/C16H23FN2O2/c17-14-6-1-2-7-15(14)19(11-4-10-18)16(20)9-8-13-5-3-12-21-13/h1-2,6-7,13H,3-5,8-12,18H2. The molecule has 116 valence electrons. The van der Waals surface area contributed by atoms with Gasteiger partial charge in [0.1, 0.15) is 5.82 Å². The summed E-state index contributed by atoms with van der Waals surface area (Å²) in [6, 6.07) is 6.37. The van der Waals surface area contributed by atoms with Crippen LogP contribution in [-0.4, -0.2) is 31.7 Å². The number of amides is 1. The third-order valence-corrected chi connectivity index (χ3v) is 3.73. The van der Waals surface area contributed by atoms with Crippen LogP contribution in [0.15, 0.2) is 24.3 Å². The summed E-state index contributed by atoms with van der Waals surface area (Å²) in [5, 5.41) is 0. The summed E-state index contributed by atoms with van der Waals surface area (Å²) >= 11 is 0. The summed E-state index contributed by atoms with van der Waals surface area (Å²) in [5.41, 5.74) is 5.85. The molecule has 0 aliphatic carbocycles. The molecule has 1 aliphatic heterocycles. The molecule has 0 bridgehead atoms. The van der Waals surface area contributed by atoms with Gasteiger partial charge in [0.2, 0.25) is 5.91 Å². The normalized spacial score (nSPS) is 17.9. The molecule has 21 heavy (non-hydrogen) atoms. The molecule has 5 heteroatoms. The minimum absolute atomic E-state index is 0.0657. The van der Waals surface area contributed by atoms with Gasteiger partial charge in [0.05, 0.1) is 11.8 Å². The summed E-state index contributed by atoms with van der Waals surface area (Å²) in [7, 11) is 0. The van der Waals surface area contributed by atoms with Crippen LogP contribution in [0.2, 0.25) is 0 Å². The molecule has 1 aromatic carbocycles. The van der Waals surface area contributed by atoms with E-state index in [1.54, 1.807) is 18.2 Å². The molecule has 1 unspecified atom stereocenters. The van der Waals surface area contributed by atoms with Crippen molar-refractivity contribution in [1.82, 2.24) is 0 Å². The predicted molar refractivity (Wildman–Crippen MR) is 80.6 cm³/mol. The average molecular weight is 294 g/mol. The Morgan fingerprint density at radius 1 is 1.43 bits per heavy atom. The molecule has 2 rings (SSSR count). The number of nitrogens with two attached hydrogens (primary N) is 1. The van der Waals surface area contributed by atoms with Crippen LogP contribution in [-0.2, 0) is 9.53 Å². The van der Waals surface area contributed by atoms with Gasteiger partial charge in [-0.1, -0.05) is 12.1 Å². The van der Waals surface area contributed by atoms with Crippen molar-refractivity contribution in [1.29, 1.82) is 0 Å². The lowest BCUT2D eigenvalue weighted by Crippen LogP contribution is -2.34. The molecule has 1 aromatic rings. The summed E-state index contributed by atoms with van der Waals surface area (Å²) in [6.07, 6.45) is 3.97. The summed E-state index contributed by atoms with van der Waals surface area (Å²) < 4.78 is 19.4. The van der Waals surface area contributed by atoms with E-state index >= 15 is 0 Å². The number of para-hydroxylation sites is 1. The Morgan fingerprint density at radius 3 is 2.90 bits per heavy atom. The quantitative estimate of drug-likeness (QED) is 0.840. The molecule has 1 heterocycles. The monoisotopic (exact) mass is 294 g/mol. The maximum absolute atomic E-state index is 13.9. The van der Waals surface area contributed by atoms with E-state index in [4.69, 9.17) is 10.5 Å². The van der Waals surface area contributed by atoms with Gasteiger partial charge in [-0.05, 0) is 44.4 Å². The van der Waals surface area contributed by atoms with Crippen LogP contribution in [0.4, 0.5) is 10.1 Å². The number of benzene rings is 1. The van der Waals surface area contributed by atoms with Gasteiger partial charge in [0.15, 0.2) is 0 Å². The first-order chi connectivity index (χ1) is 10.2. The molecule has 0 spiro atoms. The molecule has 4 nitrogen and oxygen atoms in total. The van der Waals surface area contributed by atoms with Crippen LogP contribution in [0, 0.1) is 5.82 Å². The molecular weight excluding hydrogens is 271 g/mol. The highest BCUT2D eigenvalue weighted by atomic mass is 19.1. The predicted octanol–water partition coefficient (Wildman–Crippen LogP) is 2.47. The lowest BCUT2D eigenvalue weighted by Gasteiger charge is -2.23. The zero-order chi connectivity index (χ0) is 15.1. The molecule has 1 aliphatic rings. The number of hydrogen-bond acceptors (Lipinski definition) is 3. The Bertz CT molecular complexity index is 461. The SMILES string of the molecule is NCCCN(C(=O)CCC1CCCO1)c1ccccc1F. The molecule has 1 atom stereocenters. The number of rotatable bonds is 7. The fourth-order valence-corrected chi connectivity index (χ4v) is 2.59. The van der Waals surface area contributed by atoms with E-state index in [-0.39, 0.29) is 17.8 Å². The third-order valence-electron chi connectivity index (χ3n) is 3.73. The van der Waals surface area contributed by atoms with Crippen molar-refractivity contribution in [3.05, 3.63) is 30.1 Å². The van der Waals surface area contributed by atoms with Crippen molar-refractivity contribution in [2.24, 2.45) is 5.73 Å². The van der Waals surface area contributed by atoms with Crippen molar-refractivity contribution >= 4 is 11.6 Å². The Labute approximate surface area is 125 Å². The van der Waals surface area contributed by atoms with Gasteiger partial charge >= 0.3 is 0 Å². The first-order valence-corrected chi connectivity index (χ1v) is 7.59. The van der Waals surface area contributed by atoms with Gasteiger partial charge < -0.3 is 15.4 Å². The minimum Gasteiger partial charge on any atom is -0.378 e. The van der Waals surface area contributed by atoms with E-state index < -0.39 is 0 Å². The number of anilines is 1. The van der Waals surface area contributed by atoms with Crippen molar-refractivity contribution in [3.8, 4) is 0 Å². The number of carbonyl (C=O) groups excluding carboxylic acids is 1. The van der Waals surface area contributed by atoms with Crippen LogP contribution in [0.5, 0.6) is 0 Å². The molecule has 1 amide bonds. The van der Waals surface area contributed by atoms with Crippen molar-refractivity contribution in [2.45, 2.75) is 38.2 Å². The molecule has 0 saturated carbocycles. The zero-order valence-electron chi connectivity index (χ0n) is 12.3. The fourth-order valence-electron chi connectivity index (χ4n) is 2.59. The van der Waals surface area contributed by atoms with Gasteiger partial charge in [0, 0.05) is 19.6 Å². The highest BCUT2D eigenvalue weighted by molar-refractivity contribution is 5.93.